The van der Waals surface area contributed by atoms with Crippen LogP contribution < -0.4 is 9.47 Å². The van der Waals surface area contributed by atoms with E-state index < -0.39 is 5.97 Å². The van der Waals surface area contributed by atoms with Crippen LogP contribution in [0, 0.1) is 0 Å². The van der Waals surface area contributed by atoms with Crippen LogP contribution in [0.25, 0.3) is 6.08 Å². The Morgan fingerprint density at radius 3 is 2.11 bits per heavy atom. The predicted molar refractivity (Wildman–Crippen MR) is 109 cm³/mol. The Labute approximate surface area is 165 Å². The van der Waals surface area contributed by atoms with Gasteiger partial charge in [-0.25, -0.2) is 4.79 Å². The largest absolute Gasteiger partial charge is 0.493 e. The smallest absolute Gasteiger partial charge is 0.331 e. The summed E-state index contributed by atoms with van der Waals surface area (Å²) in [4.78, 5) is 11.9. The van der Waals surface area contributed by atoms with Crippen molar-refractivity contribution in [1.29, 1.82) is 0 Å². The van der Waals surface area contributed by atoms with E-state index in [0.717, 1.165) is 16.7 Å². The van der Waals surface area contributed by atoms with Gasteiger partial charge in [0.05, 0.1) is 7.11 Å². The van der Waals surface area contributed by atoms with E-state index in [-0.39, 0.29) is 6.61 Å². The lowest BCUT2D eigenvalue weighted by Gasteiger charge is -2.11. The van der Waals surface area contributed by atoms with Crippen LogP contribution in [0.1, 0.15) is 16.7 Å². The highest BCUT2D eigenvalue weighted by atomic mass is 16.5. The maximum Gasteiger partial charge on any atom is 0.331 e. The Morgan fingerprint density at radius 1 is 0.821 bits per heavy atom. The fourth-order valence-electron chi connectivity index (χ4n) is 2.58. The van der Waals surface area contributed by atoms with Gasteiger partial charge in [0, 0.05) is 6.08 Å². The molecule has 28 heavy (non-hydrogen) atoms. The summed E-state index contributed by atoms with van der Waals surface area (Å²) in [7, 11) is 1.59. The maximum absolute atomic E-state index is 11.9. The molecular weight excluding hydrogens is 352 g/mol. The zero-order valence-corrected chi connectivity index (χ0v) is 15.7. The van der Waals surface area contributed by atoms with Crippen molar-refractivity contribution in [2.75, 3.05) is 7.11 Å². The molecule has 0 amide bonds. The molecule has 3 aromatic rings. The predicted octanol–water partition coefficient (Wildman–Crippen LogP) is 5.03. The third kappa shape index (κ3) is 5.74. The van der Waals surface area contributed by atoms with Gasteiger partial charge >= 0.3 is 5.97 Å². The van der Waals surface area contributed by atoms with E-state index in [9.17, 15) is 4.79 Å². The van der Waals surface area contributed by atoms with Gasteiger partial charge in [0.15, 0.2) is 11.5 Å². The van der Waals surface area contributed by atoms with E-state index in [1.54, 1.807) is 13.2 Å². The molecule has 0 aliphatic rings. The summed E-state index contributed by atoms with van der Waals surface area (Å²) in [5.74, 6) is 0.859. The Hall–Kier alpha value is -3.53. The summed E-state index contributed by atoms with van der Waals surface area (Å²) < 4.78 is 16.5. The number of carbonyl (C=O) groups is 1. The molecule has 3 aromatic carbocycles. The van der Waals surface area contributed by atoms with Gasteiger partial charge in [0.1, 0.15) is 13.2 Å². The standard InChI is InChI=1S/C24H22O4/c1-26-23-16-19(12-14-22(23)27-17-20-8-4-2-5-9-20)13-15-24(25)28-18-21-10-6-3-7-11-21/h2-16H,17-18H2,1H3/b15-13-. The fraction of sp³-hybridized carbons (Fsp3) is 0.125. The van der Waals surface area contributed by atoms with Crippen LogP contribution in [0.5, 0.6) is 11.5 Å². The molecule has 3 rings (SSSR count). The topological polar surface area (TPSA) is 44.8 Å². The molecule has 0 aliphatic heterocycles. The van der Waals surface area contributed by atoms with E-state index in [1.807, 2.05) is 78.9 Å². The second kappa shape index (κ2) is 9.97. The molecule has 0 radical (unpaired) electrons. The van der Waals surface area contributed by atoms with E-state index in [2.05, 4.69) is 0 Å². The van der Waals surface area contributed by atoms with Crippen LogP contribution in [-0.4, -0.2) is 13.1 Å². The first-order valence-corrected chi connectivity index (χ1v) is 8.98. The Morgan fingerprint density at radius 2 is 1.46 bits per heavy atom. The van der Waals surface area contributed by atoms with Gasteiger partial charge in [-0.2, -0.15) is 0 Å². The number of ether oxygens (including phenoxy) is 3. The summed E-state index contributed by atoms with van der Waals surface area (Å²) in [5, 5.41) is 0. The molecule has 0 heterocycles. The fourth-order valence-corrected chi connectivity index (χ4v) is 2.58. The highest BCUT2D eigenvalue weighted by Crippen LogP contribution is 2.29. The molecule has 0 N–H and O–H groups in total. The zero-order valence-electron chi connectivity index (χ0n) is 15.7. The van der Waals surface area contributed by atoms with Crippen molar-refractivity contribution < 1.29 is 19.0 Å². The van der Waals surface area contributed by atoms with Crippen molar-refractivity contribution >= 4 is 12.0 Å². The van der Waals surface area contributed by atoms with E-state index in [1.165, 1.54) is 6.08 Å². The van der Waals surface area contributed by atoms with Crippen molar-refractivity contribution in [2.45, 2.75) is 13.2 Å². The molecule has 0 bridgehead atoms. The van der Waals surface area contributed by atoms with Crippen molar-refractivity contribution in [3.63, 3.8) is 0 Å². The maximum atomic E-state index is 11.9. The third-order valence-electron chi connectivity index (χ3n) is 4.06. The number of hydrogen-bond donors (Lipinski definition) is 0. The van der Waals surface area contributed by atoms with Crippen LogP contribution in [-0.2, 0) is 22.7 Å². The van der Waals surface area contributed by atoms with Crippen molar-refractivity contribution in [3.05, 3.63) is 102 Å². The first kappa shape index (κ1) is 19.2. The van der Waals surface area contributed by atoms with Gasteiger partial charge < -0.3 is 14.2 Å². The lowest BCUT2D eigenvalue weighted by molar-refractivity contribution is -0.138. The number of rotatable bonds is 8. The van der Waals surface area contributed by atoms with Crippen molar-refractivity contribution in [3.8, 4) is 11.5 Å². The SMILES string of the molecule is COc1cc(/C=C\C(=O)OCc2ccccc2)ccc1OCc1ccccc1. The average molecular weight is 374 g/mol. The monoisotopic (exact) mass is 374 g/mol. The summed E-state index contributed by atoms with van der Waals surface area (Å²) >= 11 is 0. The summed E-state index contributed by atoms with van der Waals surface area (Å²) in [6.45, 7) is 0.706. The lowest BCUT2D eigenvalue weighted by Crippen LogP contribution is -2.00. The second-order valence-corrected chi connectivity index (χ2v) is 6.11. The second-order valence-electron chi connectivity index (χ2n) is 6.11. The minimum absolute atomic E-state index is 0.250. The van der Waals surface area contributed by atoms with Gasteiger partial charge in [-0.3, -0.25) is 0 Å². The van der Waals surface area contributed by atoms with Gasteiger partial charge in [0.2, 0.25) is 0 Å². The lowest BCUT2D eigenvalue weighted by atomic mass is 10.2. The molecule has 4 heteroatoms. The highest BCUT2D eigenvalue weighted by molar-refractivity contribution is 5.87. The summed E-state index contributed by atoms with van der Waals surface area (Å²) in [6.07, 6.45) is 3.10. The molecule has 0 saturated carbocycles. The number of carbonyl (C=O) groups excluding carboxylic acids is 1. The van der Waals surface area contributed by atoms with Gasteiger partial charge in [-0.1, -0.05) is 66.7 Å². The van der Waals surface area contributed by atoms with E-state index in [0.29, 0.717) is 18.1 Å². The minimum atomic E-state index is -0.396. The van der Waals surface area contributed by atoms with Crippen LogP contribution >= 0.6 is 0 Å². The Bertz CT molecular complexity index is 918. The molecule has 0 aromatic heterocycles. The third-order valence-corrected chi connectivity index (χ3v) is 4.06. The van der Waals surface area contributed by atoms with Crippen LogP contribution in [0.3, 0.4) is 0 Å². The first-order valence-electron chi connectivity index (χ1n) is 8.98. The molecule has 0 aliphatic carbocycles. The molecule has 0 atom stereocenters. The normalized spacial score (nSPS) is 10.6. The zero-order chi connectivity index (χ0) is 19.6. The molecule has 0 fully saturated rings. The number of esters is 1. The number of benzene rings is 3. The van der Waals surface area contributed by atoms with Gasteiger partial charge in [-0.05, 0) is 34.9 Å². The molecule has 0 saturated heterocycles. The molecule has 4 nitrogen and oxygen atoms in total. The van der Waals surface area contributed by atoms with Crippen molar-refractivity contribution in [2.24, 2.45) is 0 Å². The van der Waals surface area contributed by atoms with E-state index >= 15 is 0 Å². The highest BCUT2D eigenvalue weighted by Gasteiger charge is 2.06. The molecule has 142 valence electrons. The Kier molecular flexibility index (Phi) is 6.85. The molecule has 0 unspecified atom stereocenters. The van der Waals surface area contributed by atoms with E-state index in [4.69, 9.17) is 14.2 Å². The minimum Gasteiger partial charge on any atom is -0.493 e. The number of methoxy groups -OCH3 is 1. The summed E-state index contributed by atoms with van der Waals surface area (Å²) in [6, 6.07) is 25.0. The van der Waals surface area contributed by atoms with Crippen LogP contribution in [0.15, 0.2) is 84.9 Å². The van der Waals surface area contributed by atoms with Crippen LogP contribution in [0.2, 0.25) is 0 Å². The molecule has 0 spiro atoms. The van der Waals surface area contributed by atoms with Gasteiger partial charge in [0.25, 0.3) is 0 Å². The quantitative estimate of drug-likeness (QED) is 0.410. The average Bonchev–Trinajstić information content (AvgIpc) is 2.76. The first-order chi connectivity index (χ1) is 13.7. The van der Waals surface area contributed by atoms with Gasteiger partial charge in [-0.15, -0.1) is 0 Å². The molecular formula is C24H22O4. The van der Waals surface area contributed by atoms with Crippen LogP contribution in [0.4, 0.5) is 0 Å². The summed E-state index contributed by atoms with van der Waals surface area (Å²) in [5.41, 5.74) is 2.85. The van der Waals surface area contributed by atoms with Crippen molar-refractivity contribution in [1.82, 2.24) is 0 Å². The Balaban J connectivity index is 1.58. The number of hydrogen-bond acceptors (Lipinski definition) is 4.